The van der Waals surface area contributed by atoms with Crippen LogP contribution in [-0.4, -0.2) is 48.8 Å². The van der Waals surface area contributed by atoms with Gasteiger partial charge in [-0.2, -0.15) is 13.2 Å². The summed E-state index contributed by atoms with van der Waals surface area (Å²) in [6, 6.07) is 2.41. The van der Waals surface area contributed by atoms with Crippen LogP contribution in [0.25, 0.3) is 0 Å². The van der Waals surface area contributed by atoms with Gasteiger partial charge in [0.15, 0.2) is 0 Å². The number of ether oxygens (including phenoxy) is 1. The molecule has 1 aromatic heterocycles. The zero-order chi connectivity index (χ0) is 28.3. The van der Waals surface area contributed by atoms with Crippen molar-refractivity contribution < 1.29 is 35.5 Å². The first-order valence-electron chi connectivity index (χ1n) is 11.9. The summed E-state index contributed by atoms with van der Waals surface area (Å²) < 4.78 is 83.9. The minimum atomic E-state index is -4.37. The van der Waals surface area contributed by atoms with Crippen LogP contribution in [0.1, 0.15) is 58.4 Å². The van der Waals surface area contributed by atoms with Gasteiger partial charge in [0.2, 0.25) is 16.0 Å². The summed E-state index contributed by atoms with van der Waals surface area (Å²) in [7, 11) is -3.89. The van der Waals surface area contributed by atoms with Crippen LogP contribution >= 0.6 is 0 Å². The number of amides is 1. The summed E-state index contributed by atoms with van der Waals surface area (Å²) in [4.78, 5) is 19.9. The molecular formula is C24H31F4N5O4S. The minimum Gasteiger partial charge on any atom is -0.449 e. The SMILES string of the molecule is C[C@@H](CC(F)(F)F)NC(=O)OCC1CC(c2cnc(Nc3ccc(S(=O)(=O)NC(C)(C)C)cc3F)nc2)C1. The Balaban J connectivity index is 1.47. The molecule has 1 saturated carbocycles. The standard InChI is InChI=1S/C24H31F4N5O4S/c1-14(10-24(26,27)28)31-22(34)37-13-15-7-16(8-15)17-11-29-21(30-12-17)32-20-6-5-18(9-19(20)25)38(35,36)33-23(2,3)4/h5-6,9,11-12,14-16,33H,7-8,10,13H2,1-4H3,(H,31,34)(H,29,30,32)/t14-,15?,16?/m0/s1. The van der Waals surface area contributed by atoms with Crippen LogP contribution in [0, 0.1) is 11.7 Å². The summed E-state index contributed by atoms with van der Waals surface area (Å²) in [6.45, 7) is 6.40. The normalized spacial score (nSPS) is 18.8. The first-order valence-corrected chi connectivity index (χ1v) is 13.4. The molecule has 3 N–H and O–H groups in total. The maximum absolute atomic E-state index is 14.6. The van der Waals surface area contributed by atoms with E-state index in [1.807, 2.05) is 0 Å². The van der Waals surface area contributed by atoms with Crippen molar-refractivity contribution >= 4 is 27.8 Å². The number of hydrogen-bond acceptors (Lipinski definition) is 7. The number of carbonyl (C=O) groups excluding carboxylic acids is 1. The Morgan fingerprint density at radius 2 is 1.79 bits per heavy atom. The molecule has 1 heterocycles. The second kappa shape index (κ2) is 11.4. The molecule has 0 bridgehead atoms. The zero-order valence-electron chi connectivity index (χ0n) is 21.4. The van der Waals surface area contributed by atoms with Gasteiger partial charge in [-0.15, -0.1) is 0 Å². The molecule has 1 fully saturated rings. The average Bonchev–Trinajstić information content (AvgIpc) is 2.72. The van der Waals surface area contributed by atoms with E-state index in [-0.39, 0.29) is 35.0 Å². The predicted molar refractivity (Wildman–Crippen MR) is 132 cm³/mol. The van der Waals surface area contributed by atoms with Crippen molar-refractivity contribution in [3.8, 4) is 0 Å². The second-order valence-electron chi connectivity index (χ2n) is 10.5. The molecule has 1 amide bonds. The van der Waals surface area contributed by atoms with Gasteiger partial charge in [-0.25, -0.2) is 32.3 Å². The molecule has 9 nitrogen and oxygen atoms in total. The first kappa shape index (κ1) is 29.6. The first-order chi connectivity index (χ1) is 17.5. The highest BCUT2D eigenvalue weighted by atomic mass is 32.2. The van der Waals surface area contributed by atoms with Crippen LogP contribution in [0.2, 0.25) is 0 Å². The molecule has 0 aliphatic heterocycles. The summed E-state index contributed by atoms with van der Waals surface area (Å²) >= 11 is 0. The van der Waals surface area contributed by atoms with E-state index in [1.54, 1.807) is 33.2 Å². The van der Waals surface area contributed by atoms with Crippen LogP contribution in [-0.2, 0) is 14.8 Å². The van der Waals surface area contributed by atoms with Crippen molar-refractivity contribution in [1.82, 2.24) is 20.0 Å². The topological polar surface area (TPSA) is 122 Å². The van der Waals surface area contributed by atoms with Gasteiger partial charge in [0, 0.05) is 24.0 Å². The molecule has 14 heteroatoms. The number of nitrogens with zero attached hydrogens (tertiary/aromatic N) is 2. The molecular weight excluding hydrogens is 530 g/mol. The van der Waals surface area contributed by atoms with Crippen molar-refractivity contribution in [2.24, 2.45) is 5.92 Å². The Kier molecular flexibility index (Phi) is 8.86. The van der Waals surface area contributed by atoms with Gasteiger partial charge in [-0.05, 0) is 76.1 Å². The Bertz CT molecular complexity index is 1230. The highest BCUT2D eigenvalue weighted by Gasteiger charge is 2.33. The number of hydrogen-bond donors (Lipinski definition) is 3. The fraction of sp³-hybridized carbons (Fsp3) is 0.542. The number of alkyl carbamates (subject to hydrolysis) is 1. The molecule has 38 heavy (non-hydrogen) atoms. The smallest absolute Gasteiger partial charge is 0.407 e. The van der Waals surface area contributed by atoms with Gasteiger partial charge in [-0.3, -0.25) is 0 Å². The third kappa shape index (κ3) is 8.79. The zero-order valence-corrected chi connectivity index (χ0v) is 22.2. The van der Waals surface area contributed by atoms with Crippen molar-refractivity contribution in [2.45, 2.75) is 75.5 Å². The molecule has 210 valence electrons. The fourth-order valence-corrected chi connectivity index (χ4v) is 5.37. The van der Waals surface area contributed by atoms with Gasteiger partial charge in [-0.1, -0.05) is 0 Å². The number of aromatic nitrogens is 2. The van der Waals surface area contributed by atoms with E-state index < -0.39 is 46.1 Å². The van der Waals surface area contributed by atoms with E-state index in [9.17, 15) is 30.8 Å². The maximum Gasteiger partial charge on any atom is 0.407 e. The minimum absolute atomic E-state index is 0.0103. The lowest BCUT2D eigenvalue weighted by Gasteiger charge is -2.34. The van der Waals surface area contributed by atoms with Crippen LogP contribution in [0.15, 0.2) is 35.5 Å². The predicted octanol–water partition coefficient (Wildman–Crippen LogP) is 5.00. The summed E-state index contributed by atoms with van der Waals surface area (Å²) in [5.41, 5.74) is 0.128. The Hall–Kier alpha value is -3.00. The van der Waals surface area contributed by atoms with Gasteiger partial charge in [0.05, 0.1) is 23.6 Å². The monoisotopic (exact) mass is 561 g/mol. The largest absolute Gasteiger partial charge is 0.449 e. The van der Waals surface area contributed by atoms with E-state index in [4.69, 9.17) is 4.74 Å². The van der Waals surface area contributed by atoms with E-state index >= 15 is 0 Å². The third-order valence-electron chi connectivity index (χ3n) is 5.67. The third-order valence-corrected chi connectivity index (χ3v) is 7.42. The number of carbonyl (C=O) groups is 1. The molecule has 1 aliphatic rings. The molecule has 1 aliphatic carbocycles. The second-order valence-corrected chi connectivity index (χ2v) is 12.1. The molecule has 0 spiro atoms. The highest BCUT2D eigenvalue weighted by molar-refractivity contribution is 7.89. The lowest BCUT2D eigenvalue weighted by molar-refractivity contribution is -0.138. The number of sulfonamides is 1. The van der Waals surface area contributed by atoms with E-state index in [2.05, 4.69) is 25.3 Å². The Morgan fingerprint density at radius 3 is 2.34 bits per heavy atom. The number of rotatable bonds is 9. The fourth-order valence-electron chi connectivity index (χ4n) is 3.94. The summed E-state index contributed by atoms with van der Waals surface area (Å²) in [5.74, 6) is -0.465. The van der Waals surface area contributed by atoms with Crippen LogP contribution in [0.3, 0.4) is 0 Å². The highest BCUT2D eigenvalue weighted by Crippen LogP contribution is 2.41. The van der Waals surface area contributed by atoms with E-state index in [0.29, 0.717) is 12.8 Å². The van der Waals surface area contributed by atoms with E-state index in [1.165, 1.54) is 19.1 Å². The van der Waals surface area contributed by atoms with Crippen LogP contribution in [0.5, 0.6) is 0 Å². The maximum atomic E-state index is 14.6. The molecule has 0 unspecified atom stereocenters. The Labute approximate surface area is 218 Å². The Morgan fingerprint density at radius 1 is 1.16 bits per heavy atom. The van der Waals surface area contributed by atoms with Crippen LogP contribution in [0.4, 0.5) is 34.0 Å². The van der Waals surface area contributed by atoms with Crippen molar-refractivity contribution in [3.63, 3.8) is 0 Å². The molecule has 0 radical (unpaired) electrons. The van der Waals surface area contributed by atoms with Gasteiger partial charge in [0.25, 0.3) is 0 Å². The molecule has 3 rings (SSSR count). The molecule has 1 atom stereocenters. The van der Waals surface area contributed by atoms with Crippen molar-refractivity contribution in [2.75, 3.05) is 11.9 Å². The number of halogens is 4. The lowest BCUT2D eigenvalue weighted by atomic mass is 9.72. The molecule has 0 saturated heterocycles. The number of nitrogens with one attached hydrogen (secondary N) is 3. The van der Waals surface area contributed by atoms with Gasteiger partial charge in [0.1, 0.15) is 5.82 Å². The number of anilines is 2. The quantitative estimate of drug-likeness (QED) is 0.369. The van der Waals surface area contributed by atoms with Crippen molar-refractivity contribution in [3.05, 3.63) is 42.0 Å². The molecule has 2 aromatic rings. The summed E-state index contributed by atoms with van der Waals surface area (Å²) in [5, 5.41) is 4.89. The van der Waals surface area contributed by atoms with Crippen LogP contribution < -0.4 is 15.4 Å². The number of benzene rings is 1. The average molecular weight is 562 g/mol. The number of alkyl halides is 3. The summed E-state index contributed by atoms with van der Waals surface area (Å²) in [6.07, 6.45) is -1.82. The molecule has 1 aromatic carbocycles. The van der Waals surface area contributed by atoms with Gasteiger partial charge >= 0.3 is 12.3 Å². The van der Waals surface area contributed by atoms with Gasteiger partial charge < -0.3 is 15.4 Å². The lowest BCUT2D eigenvalue weighted by Crippen LogP contribution is -2.40. The van der Waals surface area contributed by atoms with E-state index in [0.717, 1.165) is 11.6 Å². The van der Waals surface area contributed by atoms with Crippen molar-refractivity contribution in [1.29, 1.82) is 0 Å².